The van der Waals surface area contributed by atoms with Gasteiger partial charge in [0.05, 0.1) is 5.57 Å². The number of anilines is 1. The van der Waals surface area contributed by atoms with Crippen molar-refractivity contribution in [1.29, 1.82) is 0 Å². The molecule has 0 saturated carbocycles. The molecule has 0 fully saturated rings. The number of amides is 2. The summed E-state index contributed by atoms with van der Waals surface area (Å²) in [5.41, 5.74) is 3.04. The highest BCUT2D eigenvalue weighted by molar-refractivity contribution is 6.36. The van der Waals surface area contributed by atoms with Crippen LogP contribution in [0.3, 0.4) is 0 Å². The lowest BCUT2D eigenvalue weighted by molar-refractivity contribution is -0.136. The molecule has 0 aliphatic carbocycles. The number of halogens is 2. The van der Waals surface area contributed by atoms with E-state index < -0.39 is 23.4 Å². The molecule has 0 atom stereocenters. The number of hydrogen-bond acceptors (Lipinski definition) is 3. The van der Waals surface area contributed by atoms with Gasteiger partial charge in [0.1, 0.15) is 5.70 Å². The molecule has 0 bridgehead atoms. The Kier molecular flexibility index (Phi) is 5.62. The molecule has 1 N–H and O–H groups in total. The summed E-state index contributed by atoms with van der Waals surface area (Å²) < 4.78 is 27.0. The third-order valence-corrected chi connectivity index (χ3v) is 5.16. The van der Waals surface area contributed by atoms with Crippen molar-refractivity contribution >= 4 is 23.1 Å². The Morgan fingerprint density at radius 2 is 1.55 bits per heavy atom. The fraction of sp³-hybridized carbons (Fsp3) is 0.120. The fourth-order valence-corrected chi connectivity index (χ4v) is 3.49. The lowest BCUT2D eigenvalue weighted by Crippen LogP contribution is -2.34. The second kappa shape index (κ2) is 8.52. The van der Waals surface area contributed by atoms with Crippen molar-refractivity contribution in [3.05, 3.63) is 107 Å². The molecule has 0 aromatic heterocycles. The van der Waals surface area contributed by atoms with Gasteiger partial charge in [-0.3, -0.25) is 14.5 Å². The molecule has 156 valence electrons. The third kappa shape index (κ3) is 4.23. The maximum Gasteiger partial charge on any atom is 0.278 e. The first-order valence-electron chi connectivity index (χ1n) is 9.87. The van der Waals surface area contributed by atoms with Crippen LogP contribution in [-0.2, 0) is 16.0 Å². The van der Waals surface area contributed by atoms with Gasteiger partial charge < -0.3 is 5.32 Å². The van der Waals surface area contributed by atoms with E-state index in [1.165, 1.54) is 11.0 Å². The van der Waals surface area contributed by atoms with Crippen LogP contribution in [-0.4, -0.2) is 23.3 Å². The number of imide groups is 1. The average molecular weight is 418 g/mol. The summed E-state index contributed by atoms with van der Waals surface area (Å²) in [5, 5.41) is 2.84. The van der Waals surface area contributed by atoms with Gasteiger partial charge in [0.15, 0.2) is 11.6 Å². The standard InChI is InChI=1S/C25H20F2N2O2/c1-16-7-9-18(10-8-16)22-23(28-19-11-12-20(26)21(27)15-19)25(31)29(24(22)30)14-13-17-5-3-2-4-6-17/h2-12,15,28H,13-14H2,1H3. The first-order chi connectivity index (χ1) is 14.9. The molecule has 0 saturated heterocycles. The highest BCUT2D eigenvalue weighted by Gasteiger charge is 2.39. The number of hydrogen-bond donors (Lipinski definition) is 1. The number of rotatable bonds is 6. The minimum absolute atomic E-state index is 0.0490. The molecular weight excluding hydrogens is 398 g/mol. The Morgan fingerprint density at radius 1 is 0.839 bits per heavy atom. The maximum absolute atomic E-state index is 13.7. The lowest BCUT2D eigenvalue weighted by atomic mass is 10.0. The summed E-state index contributed by atoms with van der Waals surface area (Å²) in [7, 11) is 0. The van der Waals surface area contributed by atoms with E-state index in [9.17, 15) is 18.4 Å². The quantitative estimate of drug-likeness (QED) is 0.590. The van der Waals surface area contributed by atoms with Gasteiger partial charge in [0.25, 0.3) is 11.8 Å². The van der Waals surface area contributed by atoms with Crippen LogP contribution in [0.2, 0.25) is 0 Å². The molecule has 0 radical (unpaired) electrons. The summed E-state index contributed by atoms with van der Waals surface area (Å²) in [5.74, 6) is -2.95. The number of benzene rings is 3. The zero-order chi connectivity index (χ0) is 22.0. The smallest absolute Gasteiger partial charge is 0.278 e. The minimum atomic E-state index is -1.04. The van der Waals surface area contributed by atoms with E-state index in [1.807, 2.05) is 49.4 Å². The molecule has 2 amide bonds. The molecule has 3 aromatic rings. The van der Waals surface area contributed by atoms with E-state index in [0.717, 1.165) is 23.3 Å². The number of nitrogens with one attached hydrogen (secondary N) is 1. The van der Waals surface area contributed by atoms with Crippen LogP contribution in [0.25, 0.3) is 5.57 Å². The van der Waals surface area contributed by atoms with Crippen LogP contribution in [0.15, 0.2) is 78.5 Å². The van der Waals surface area contributed by atoms with Crippen molar-refractivity contribution in [2.45, 2.75) is 13.3 Å². The first kappa shape index (κ1) is 20.5. The maximum atomic E-state index is 13.7. The van der Waals surface area contributed by atoms with Gasteiger partial charge in [-0.15, -0.1) is 0 Å². The van der Waals surface area contributed by atoms with Crippen LogP contribution in [0, 0.1) is 18.6 Å². The molecular formula is C25H20F2N2O2. The van der Waals surface area contributed by atoms with Crippen LogP contribution in [0.1, 0.15) is 16.7 Å². The third-order valence-electron chi connectivity index (χ3n) is 5.16. The van der Waals surface area contributed by atoms with Crippen molar-refractivity contribution in [2.75, 3.05) is 11.9 Å². The van der Waals surface area contributed by atoms with Crippen molar-refractivity contribution < 1.29 is 18.4 Å². The SMILES string of the molecule is Cc1ccc(C2=C(Nc3ccc(F)c(F)c3)C(=O)N(CCc3ccccc3)C2=O)cc1. The monoisotopic (exact) mass is 418 g/mol. The molecule has 4 nitrogen and oxygen atoms in total. The van der Waals surface area contributed by atoms with Crippen LogP contribution in [0.4, 0.5) is 14.5 Å². The van der Waals surface area contributed by atoms with Gasteiger partial charge >= 0.3 is 0 Å². The molecule has 31 heavy (non-hydrogen) atoms. The number of aryl methyl sites for hydroxylation is 1. The average Bonchev–Trinajstić information content (AvgIpc) is 3.00. The lowest BCUT2D eigenvalue weighted by Gasteiger charge is -2.15. The zero-order valence-corrected chi connectivity index (χ0v) is 16.9. The van der Waals surface area contributed by atoms with E-state index in [4.69, 9.17) is 0 Å². The van der Waals surface area contributed by atoms with E-state index in [2.05, 4.69) is 5.32 Å². The molecule has 1 aliphatic heterocycles. The van der Waals surface area contributed by atoms with Crippen molar-refractivity contribution in [2.24, 2.45) is 0 Å². The first-order valence-corrected chi connectivity index (χ1v) is 9.87. The van der Waals surface area contributed by atoms with E-state index in [-0.39, 0.29) is 23.5 Å². The molecule has 6 heteroatoms. The summed E-state index contributed by atoms with van der Waals surface area (Å²) in [4.78, 5) is 27.6. The van der Waals surface area contributed by atoms with Crippen molar-refractivity contribution in [3.63, 3.8) is 0 Å². The Labute approximate surface area is 178 Å². The Balaban J connectivity index is 1.68. The van der Waals surface area contributed by atoms with Gasteiger partial charge in [0, 0.05) is 18.3 Å². The molecule has 0 unspecified atom stereocenters. The summed E-state index contributed by atoms with van der Waals surface area (Å²) >= 11 is 0. The topological polar surface area (TPSA) is 49.4 Å². The van der Waals surface area contributed by atoms with E-state index >= 15 is 0 Å². The molecule has 1 aliphatic rings. The van der Waals surface area contributed by atoms with Crippen LogP contribution < -0.4 is 5.32 Å². The minimum Gasteiger partial charge on any atom is -0.350 e. The predicted molar refractivity (Wildman–Crippen MR) is 115 cm³/mol. The van der Waals surface area contributed by atoms with Crippen molar-refractivity contribution in [1.82, 2.24) is 4.90 Å². The second-order valence-corrected chi connectivity index (χ2v) is 7.37. The molecule has 0 spiro atoms. The van der Waals surface area contributed by atoms with E-state index in [1.54, 1.807) is 12.1 Å². The van der Waals surface area contributed by atoms with Gasteiger partial charge in [0.2, 0.25) is 0 Å². The predicted octanol–water partition coefficient (Wildman–Crippen LogP) is 4.71. The highest BCUT2D eigenvalue weighted by Crippen LogP contribution is 2.31. The largest absolute Gasteiger partial charge is 0.350 e. The number of carbonyl (C=O) groups excluding carboxylic acids is 2. The van der Waals surface area contributed by atoms with Gasteiger partial charge in [-0.2, -0.15) is 0 Å². The van der Waals surface area contributed by atoms with Gasteiger partial charge in [-0.1, -0.05) is 60.2 Å². The second-order valence-electron chi connectivity index (χ2n) is 7.37. The van der Waals surface area contributed by atoms with Crippen LogP contribution >= 0.6 is 0 Å². The Hall–Kier alpha value is -3.80. The highest BCUT2D eigenvalue weighted by atomic mass is 19.2. The normalized spacial score (nSPS) is 13.8. The Morgan fingerprint density at radius 3 is 2.23 bits per heavy atom. The van der Waals surface area contributed by atoms with Crippen molar-refractivity contribution in [3.8, 4) is 0 Å². The molecule has 3 aromatic carbocycles. The summed E-state index contributed by atoms with van der Waals surface area (Å²) in [6.45, 7) is 2.13. The Bertz CT molecular complexity index is 1170. The fourth-order valence-electron chi connectivity index (χ4n) is 3.49. The van der Waals surface area contributed by atoms with Gasteiger partial charge in [-0.25, -0.2) is 8.78 Å². The van der Waals surface area contributed by atoms with Crippen LogP contribution in [0.5, 0.6) is 0 Å². The van der Waals surface area contributed by atoms with Gasteiger partial charge in [-0.05, 0) is 36.6 Å². The summed E-state index contributed by atoms with van der Waals surface area (Å²) in [6.07, 6.45) is 0.512. The molecule has 1 heterocycles. The molecule has 4 rings (SSSR count). The number of carbonyl (C=O) groups is 2. The van der Waals surface area contributed by atoms with E-state index in [0.29, 0.717) is 12.0 Å². The number of nitrogens with zero attached hydrogens (tertiary/aromatic N) is 1. The zero-order valence-electron chi connectivity index (χ0n) is 16.9. The summed E-state index contributed by atoms with van der Waals surface area (Å²) in [6, 6.07) is 20.0.